The van der Waals surface area contributed by atoms with Crippen LogP contribution < -0.4 is 0 Å². The number of hydrogen-bond acceptors (Lipinski definition) is 5. The van der Waals surface area contributed by atoms with Gasteiger partial charge in [0.1, 0.15) is 0 Å². The summed E-state index contributed by atoms with van der Waals surface area (Å²) in [6.45, 7) is 3.00. The van der Waals surface area contributed by atoms with Crippen LogP contribution in [-0.2, 0) is 14.8 Å². The standard InChI is InChI=1S/C19H24N4O4S/c24-19(22-9-11-27-12-10-22)17-13-20-21-18(17)15-5-4-8-23(14-15)28(25,26)16-6-2-1-3-7-16/h1-3,6-7,13,15H,4-5,8-12,14H2,(H,20,21)/t15-/m1/s1. The number of nitrogens with zero attached hydrogens (tertiary/aromatic N) is 3. The van der Waals surface area contributed by atoms with Gasteiger partial charge in [-0.3, -0.25) is 9.89 Å². The highest BCUT2D eigenvalue weighted by atomic mass is 32.2. The molecule has 1 N–H and O–H groups in total. The zero-order chi connectivity index (χ0) is 19.6. The highest BCUT2D eigenvalue weighted by molar-refractivity contribution is 7.89. The van der Waals surface area contributed by atoms with Crippen molar-refractivity contribution in [2.45, 2.75) is 23.7 Å². The first-order chi connectivity index (χ1) is 13.6. The van der Waals surface area contributed by atoms with E-state index in [1.165, 1.54) is 4.31 Å². The number of morpholine rings is 1. The van der Waals surface area contributed by atoms with Gasteiger partial charge in [0.25, 0.3) is 5.91 Å². The molecule has 3 heterocycles. The molecule has 0 spiro atoms. The molecule has 4 rings (SSSR count). The average molecular weight is 404 g/mol. The van der Waals surface area contributed by atoms with Crippen LogP contribution in [0.15, 0.2) is 41.4 Å². The molecule has 1 aromatic heterocycles. The van der Waals surface area contributed by atoms with Crippen LogP contribution in [0.5, 0.6) is 0 Å². The molecular weight excluding hydrogens is 380 g/mol. The third-order valence-electron chi connectivity index (χ3n) is 5.37. The maximum absolute atomic E-state index is 13.0. The van der Waals surface area contributed by atoms with Gasteiger partial charge in [-0.25, -0.2) is 8.42 Å². The molecule has 2 saturated heterocycles. The van der Waals surface area contributed by atoms with Gasteiger partial charge in [0, 0.05) is 32.1 Å². The van der Waals surface area contributed by atoms with Gasteiger partial charge >= 0.3 is 0 Å². The van der Waals surface area contributed by atoms with E-state index in [4.69, 9.17) is 4.74 Å². The molecule has 9 heteroatoms. The number of amides is 1. The van der Waals surface area contributed by atoms with Crippen LogP contribution in [0.2, 0.25) is 0 Å². The Morgan fingerprint density at radius 3 is 2.64 bits per heavy atom. The van der Waals surface area contributed by atoms with Crippen LogP contribution in [0.4, 0.5) is 0 Å². The van der Waals surface area contributed by atoms with E-state index in [0.717, 1.165) is 18.5 Å². The predicted octanol–water partition coefficient (Wildman–Crippen LogP) is 1.45. The molecular formula is C19H24N4O4S. The van der Waals surface area contributed by atoms with E-state index in [-0.39, 0.29) is 11.8 Å². The first kappa shape index (κ1) is 19.1. The molecule has 8 nitrogen and oxygen atoms in total. The number of aromatic amines is 1. The largest absolute Gasteiger partial charge is 0.378 e. The second-order valence-electron chi connectivity index (χ2n) is 7.12. The highest BCUT2D eigenvalue weighted by Gasteiger charge is 2.34. The number of aromatic nitrogens is 2. The minimum absolute atomic E-state index is 0.0740. The number of ether oxygens (including phenoxy) is 1. The Labute approximate surface area is 164 Å². The molecule has 1 aromatic carbocycles. The number of piperidine rings is 1. The molecule has 1 atom stereocenters. The molecule has 0 bridgehead atoms. The smallest absolute Gasteiger partial charge is 0.257 e. The van der Waals surface area contributed by atoms with Crippen LogP contribution in [0, 0.1) is 0 Å². The van der Waals surface area contributed by atoms with Crippen molar-refractivity contribution < 1.29 is 17.9 Å². The maximum Gasteiger partial charge on any atom is 0.257 e. The SMILES string of the molecule is O=C(c1cn[nH]c1[C@@H]1CCCN(S(=O)(=O)c2ccccc2)C1)N1CCOCC1. The molecule has 2 fully saturated rings. The molecule has 150 valence electrons. The molecule has 0 saturated carbocycles. The monoisotopic (exact) mass is 404 g/mol. The zero-order valence-electron chi connectivity index (χ0n) is 15.6. The average Bonchev–Trinajstić information content (AvgIpc) is 3.24. The topological polar surface area (TPSA) is 95.6 Å². The molecule has 2 aromatic rings. The molecule has 2 aliphatic heterocycles. The van der Waals surface area contributed by atoms with Crippen molar-refractivity contribution in [2.24, 2.45) is 0 Å². The Bertz CT molecular complexity index is 922. The fraction of sp³-hybridized carbons (Fsp3) is 0.474. The lowest BCUT2D eigenvalue weighted by Gasteiger charge is -2.32. The lowest BCUT2D eigenvalue weighted by molar-refractivity contribution is 0.0301. The number of benzene rings is 1. The summed E-state index contributed by atoms with van der Waals surface area (Å²) in [5, 5.41) is 7.04. The first-order valence-electron chi connectivity index (χ1n) is 9.53. The summed E-state index contributed by atoms with van der Waals surface area (Å²) >= 11 is 0. The van der Waals surface area contributed by atoms with Gasteiger partial charge in [0.05, 0.1) is 35.6 Å². The summed E-state index contributed by atoms with van der Waals surface area (Å²) in [6, 6.07) is 8.47. The van der Waals surface area contributed by atoms with E-state index in [1.807, 2.05) is 0 Å². The number of sulfonamides is 1. The normalized spacial score (nSPS) is 21.6. The predicted molar refractivity (Wildman–Crippen MR) is 102 cm³/mol. The van der Waals surface area contributed by atoms with Gasteiger partial charge in [-0.2, -0.15) is 9.40 Å². The van der Waals surface area contributed by atoms with Crippen molar-refractivity contribution in [1.82, 2.24) is 19.4 Å². The summed E-state index contributed by atoms with van der Waals surface area (Å²) in [5.41, 5.74) is 1.26. The Morgan fingerprint density at radius 1 is 1.14 bits per heavy atom. The number of nitrogens with one attached hydrogen (secondary N) is 1. The molecule has 0 unspecified atom stereocenters. The van der Waals surface area contributed by atoms with Crippen LogP contribution in [0.1, 0.15) is 34.8 Å². The second-order valence-corrected chi connectivity index (χ2v) is 9.06. The number of rotatable bonds is 4. The van der Waals surface area contributed by atoms with Gasteiger partial charge in [0.2, 0.25) is 10.0 Å². The quantitative estimate of drug-likeness (QED) is 0.832. The Morgan fingerprint density at radius 2 is 1.89 bits per heavy atom. The lowest BCUT2D eigenvalue weighted by Crippen LogP contribution is -2.42. The Balaban J connectivity index is 1.54. The lowest BCUT2D eigenvalue weighted by atomic mass is 9.93. The third kappa shape index (κ3) is 3.69. The van der Waals surface area contributed by atoms with Crippen LogP contribution in [0.25, 0.3) is 0 Å². The third-order valence-corrected chi connectivity index (χ3v) is 7.25. The minimum atomic E-state index is -3.55. The first-order valence-corrected chi connectivity index (χ1v) is 11.0. The van der Waals surface area contributed by atoms with Crippen molar-refractivity contribution in [1.29, 1.82) is 0 Å². The summed E-state index contributed by atoms with van der Waals surface area (Å²) in [7, 11) is -3.55. The Hall–Kier alpha value is -2.23. The molecule has 1 amide bonds. The van der Waals surface area contributed by atoms with Crippen LogP contribution in [0.3, 0.4) is 0 Å². The minimum Gasteiger partial charge on any atom is -0.378 e. The van der Waals surface area contributed by atoms with Crippen molar-refractivity contribution in [2.75, 3.05) is 39.4 Å². The van der Waals surface area contributed by atoms with E-state index in [2.05, 4.69) is 10.2 Å². The molecule has 28 heavy (non-hydrogen) atoms. The van der Waals surface area contributed by atoms with Crippen molar-refractivity contribution in [3.05, 3.63) is 47.8 Å². The highest BCUT2D eigenvalue weighted by Crippen LogP contribution is 2.31. The van der Waals surface area contributed by atoms with E-state index in [9.17, 15) is 13.2 Å². The summed E-state index contributed by atoms with van der Waals surface area (Å²) in [5.74, 6) is -0.162. The van der Waals surface area contributed by atoms with Crippen molar-refractivity contribution >= 4 is 15.9 Å². The van der Waals surface area contributed by atoms with Crippen LogP contribution in [-0.4, -0.2) is 73.1 Å². The number of H-pyrrole nitrogens is 1. The van der Waals surface area contributed by atoms with Gasteiger partial charge in [-0.15, -0.1) is 0 Å². The van der Waals surface area contributed by atoms with E-state index >= 15 is 0 Å². The van der Waals surface area contributed by atoms with Gasteiger partial charge in [-0.1, -0.05) is 18.2 Å². The van der Waals surface area contributed by atoms with E-state index in [0.29, 0.717) is 49.9 Å². The fourth-order valence-corrected chi connectivity index (χ4v) is 5.40. The molecule has 0 aliphatic carbocycles. The maximum atomic E-state index is 13.0. The summed E-state index contributed by atoms with van der Waals surface area (Å²) < 4.78 is 32.8. The summed E-state index contributed by atoms with van der Waals surface area (Å²) in [4.78, 5) is 15.0. The van der Waals surface area contributed by atoms with E-state index in [1.54, 1.807) is 41.4 Å². The Kier molecular flexibility index (Phi) is 5.47. The molecule has 2 aliphatic rings. The second kappa shape index (κ2) is 8.02. The van der Waals surface area contributed by atoms with Gasteiger partial charge in [0.15, 0.2) is 0 Å². The number of carbonyl (C=O) groups excluding carboxylic acids is 1. The van der Waals surface area contributed by atoms with Crippen molar-refractivity contribution in [3.63, 3.8) is 0 Å². The van der Waals surface area contributed by atoms with E-state index < -0.39 is 10.0 Å². The van der Waals surface area contributed by atoms with Crippen molar-refractivity contribution in [3.8, 4) is 0 Å². The van der Waals surface area contributed by atoms with Crippen LogP contribution >= 0.6 is 0 Å². The fourth-order valence-electron chi connectivity index (χ4n) is 3.85. The van der Waals surface area contributed by atoms with Gasteiger partial charge < -0.3 is 9.64 Å². The number of carbonyl (C=O) groups is 1. The summed E-state index contributed by atoms with van der Waals surface area (Å²) in [6.07, 6.45) is 3.10. The molecule has 0 radical (unpaired) electrons. The number of hydrogen-bond donors (Lipinski definition) is 1. The zero-order valence-corrected chi connectivity index (χ0v) is 16.4. The van der Waals surface area contributed by atoms with Gasteiger partial charge in [-0.05, 0) is 25.0 Å².